The van der Waals surface area contributed by atoms with Gasteiger partial charge in [0.05, 0.1) is 5.92 Å². The molecule has 0 spiro atoms. The highest BCUT2D eigenvalue weighted by molar-refractivity contribution is 6.74. The zero-order valence-electron chi connectivity index (χ0n) is 18.1. The van der Waals surface area contributed by atoms with Crippen LogP contribution in [0.4, 0.5) is 0 Å². The van der Waals surface area contributed by atoms with Crippen molar-refractivity contribution in [1.82, 2.24) is 0 Å². The second-order valence-electron chi connectivity index (χ2n) is 9.62. The third-order valence-corrected chi connectivity index (χ3v) is 9.79. The SMILES string of the molecule is CC(C)C=C[C@@H](CCCO[Si](C)(C)C(C)(C)C)[C@@H](CC(C)C)C(=O)O. The fourth-order valence-corrected chi connectivity index (χ4v) is 3.71. The maximum Gasteiger partial charge on any atom is 0.307 e. The van der Waals surface area contributed by atoms with Gasteiger partial charge < -0.3 is 9.53 Å². The predicted molar refractivity (Wildman–Crippen MR) is 110 cm³/mol. The Morgan fingerprint density at radius 3 is 2.08 bits per heavy atom. The van der Waals surface area contributed by atoms with Gasteiger partial charge in [0.25, 0.3) is 0 Å². The Kier molecular flexibility index (Phi) is 10.3. The summed E-state index contributed by atoms with van der Waals surface area (Å²) in [5.74, 6) is -0.0513. The van der Waals surface area contributed by atoms with Gasteiger partial charge in [0, 0.05) is 6.61 Å². The van der Waals surface area contributed by atoms with Gasteiger partial charge >= 0.3 is 5.97 Å². The van der Waals surface area contributed by atoms with E-state index in [0.29, 0.717) is 11.8 Å². The zero-order valence-corrected chi connectivity index (χ0v) is 19.1. The molecule has 0 saturated carbocycles. The number of hydrogen-bond donors (Lipinski definition) is 1. The van der Waals surface area contributed by atoms with Gasteiger partial charge in [-0.15, -0.1) is 0 Å². The van der Waals surface area contributed by atoms with Crippen molar-refractivity contribution in [2.24, 2.45) is 23.7 Å². The van der Waals surface area contributed by atoms with Crippen molar-refractivity contribution < 1.29 is 14.3 Å². The van der Waals surface area contributed by atoms with Crippen LogP contribution in [0.5, 0.6) is 0 Å². The minimum Gasteiger partial charge on any atom is -0.481 e. The average Bonchev–Trinajstić information content (AvgIpc) is 2.42. The molecule has 0 aromatic heterocycles. The number of hydrogen-bond acceptors (Lipinski definition) is 2. The first-order chi connectivity index (χ1) is 11.3. The Bertz CT molecular complexity index is 419. The molecule has 2 atom stereocenters. The number of carboxylic acid groups (broad SMARTS) is 1. The van der Waals surface area contributed by atoms with E-state index in [-0.39, 0.29) is 16.9 Å². The molecule has 1 N–H and O–H groups in total. The molecule has 0 unspecified atom stereocenters. The summed E-state index contributed by atoms with van der Waals surface area (Å²) in [4.78, 5) is 11.8. The lowest BCUT2D eigenvalue weighted by atomic mass is 9.82. The van der Waals surface area contributed by atoms with Gasteiger partial charge in [-0.2, -0.15) is 0 Å². The molecule has 0 radical (unpaired) electrons. The number of carbonyl (C=O) groups is 1. The second kappa shape index (κ2) is 10.5. The van der Waals surface area contributed by atoms with Gasteiger partial charge in [-0.1, -0.05) is 60.6 Å². The van der Waals surface area contributed by atoms with E-state index < -0.39 is 14.3 Å². The molecule has 0 aliphatic rings. The van der Waals surface area contributed by atoms with Crippen LogP contribution in [-0.4, -0.2) is 26.0 Å². The lowest BCUT2D eigenvalue weighted by Crippen LogP contribution is -2.41. The lowest BCUT2D eigenvalue weighted by Gasteiger charge is -2.36. The molecule has 0 aliphatic carbocycles. The van der Waals surface area contributed by atoms with Gasteiger partial charge in [0.2, 0.25) is 0 Å². The summed E-state index contributed by atoms with van der Waals surface area (Å²) in [5, 5.41) is 9.91. The van der Waals surface area contributed by atoms with Crippen molar-refractivity contribution in [3.8, 4) is 0 Å². The summed E-state index contributed by atoms with van der Waals surface area (Å²) in [5.41, 5.74) is 0. The van der Waals surface area contributed by atoms with Crippen LogP contribution in [-0.2, 0) is 9.22 Å². The van der Waals surface area contributed by atoms with E-state index in [1.807, 2.05) is 0 Å². The summed E-state index contributed by atoms with van der Waals surface area (Å²) in [7, 11) is -1.72. The van der Waals surface area contributed by atoms with Gasteiger partial charge in [-0.25, -0.2) is 0 Å². The van der Waals surface area contributed by atoms with Crippen LogP contribution < -0.4 is 0 Å². The standard InChI is InChI=1S/C21H42O3Si/c1-16(2)12-13-18(19(20(22)23)15-17(3)4)11-10-14-24-25(8,9)21(5,6)7/h12-13,16-19H,10-11,14-15H2,1-9H3,(H,22,23)/t18-,19-/m1/s1. The van der Waals surface area contributed by atoms with Crippen LogP contribution in [0, 0.1) is 23.7 Å². The van der Waals surface area contributed by atoms with E-state index in [9.17, 15) is 9.90 Å². The zero-order chi connectivity index (χ0) is 19.8. The van der Waals surface area contributed by atoms with Gasteiger partial charge in [-0.3, -0.25) is 4.79 Å². The smallest absolute Gasteiger partial charge is 0.307 e. The highest BCUT2D eigenvalue weighted by Gasteiger charge is 2.37. The van der Waals surface area contributed by atoms with Crippen molar-refractivity contribution in [3.63, 3.8) is 0 Å². The van der Waals surface area contributed by atoms with E-state index in [4.69, 9.17) is 4.43 Å². The first-order valence-corrected chi connectivity index (χ1v) is 12.7. The van der Waals surface area contributed by atoms with Crippen molar-refractivity contribution in [1.29, 1.82) is 0 Å². The quantitative estimate of drug-likeness (QED) is 0.261. The molecule has 148 valence electrons. The van der Waals surface area contributed by atoms with Crippen LogP contribution in [0.3, 0.4) is 0 Å². The second-order valence-corrected chi connectivity index (χ2v) is 14.4. The first-order valence-electron chi connectivity index (χ1n) is 9.83. The maximum absolute atomic E-state index is 11.8. The average molecular weight is 371 g/mol. The molecule has 3 nitrogen and oxygen atoms in total. The molecule has 4 heteroatoms. The number of rotatable bonds is 11. The van der Waals surface area contributed by atoms with Gasteiger partial charge in [0.1, 0.15) is 0 Å². The van der Waals surface area contributed by atoms with Crippen LogP contribution in [0.2, 0.25) is 18.1 Å². The molecule has 0 rings (SSSR count). The predicted octanol–water partition coefficient (Wildman–Crippen LogP) is 6.36. The Hall–Kier alpha value is -0.613. The van der Waals surface area contributed by atoms with Gasteiger partial charge in [-0.05, 0) is 55.1 Å². The van der Waals surface area contributed by atoms with E-state index in [2.05, 4.69) is 73.7 Å². The minimum atomic E-state index is -1.72. The van der Waals surface area contributed by atoms with Crippen molar-refractivity contribution in [2.75, 3.05) is 6.61 Å². The number of carboxylic acids is 1. The van der Waals surface area contributed by atoms with Crippen LogP contribution in [0.1, 0.15) is 67.7 Å². The normalized spacial score (nSPS) is 16.0. The van der Waals surface area contributed by atoms with E-state index in [0.717, 1.165) is 25.9 Å². The summed E-state index contributed by atoms with van der Waals surface area (Å²) in [6, 6.07) is 0. The molecule has 0 aromatic carbocycles. The molecule has 0 amide bonds. The topological polar surface area (TPSA) is 46.5 Å². The van der Waals surface area contributed by atoms with Gasteiger partial charge in [0.15, 0.2) is 8.32 Å². The Morgan fingerprint density at radius 1 is 1.12 bits per heavy atom. The van der Waals surface area contributed by atoms with E-state index >= 15 is 0 Å². The largest absolute Gasteiger partial charge is 0.481 e. The molecular formula is C21H42O3Si. The number of aliphatic carboxylic acids is 1. The maximum atomic E-state index is 11.8. The number of allylic oxidation sites excluding steroid dienone is 2. The Morgan fingerprint density at radius 2 is 1.68 bits per heavy atom. The fraction of sp³-hybridized carbons (Fsp3) is 0.857. The summed E-state index contributed by atoms with van der Waals surface area (Å²) >= 11 is 0. The highest BCUT2D eigenvalue weighted by Crippen LogP contribution is 2.36. The van der Waals surface area contributed by atoms with Crippen LogP contribution >= 0.6 is 0 Å². The third-order valence-electron chi connectivity index (χ3n) is 5.25. The summed E-state index contributed by atoms with van der Waals surface area (Å²) in [6.07, 6.45) is 6.81. The van der Waals surface area contributed by atoms with Crippen molar-refractivity contribution in [2.45, 2.75) is 85.9 Å². The molecule has 0 aliphatic heterocycles. The summed E-state index contributed by atoms with van der Waals surface area (Å²) in [6.45, 7) is 20.5. The monoisotopic (exact) mass is 370 g/mol. The molecule has 0 aromatic rings. The summed E-state index contributed by atoms with van der Waals surface area (Å²) < 4.78 is 6.26. The molecular weight excluding hydrogens is 328 g/mol. The van der Waals surface area contributed by atoms with E-state index in [1.54, 1.807) is 0 Å². The van der Waals surface area contributed by atoms with Crippen molar-refractivity contribution in [3.05, 3.63) is 12.2 Å². The van der Waals surface area contributed by atoms with Crippen LogP contribution in [0.25, 0.3) is 0 Å². The molecule has 0 saturated heterocycles. The highest BCUT2D eigenvalue weighted by atomic mass is 28.4. The molecule has 0 bridgehead atoms. The molecule has 0 fully saturated rings. The van der Waals surface area contributed by atoms with Crippen LogP contribution in [0.15, 0.2) is 12.2 Å². The minimum absolute atomic E-state index is 0.0883. The Labute approximate surface area is 157 Å². The molecule has 25 heavy (non-hydrogen) atoms. The molecule has 0 heterocycles. The van der Waals surface area contributed by atoms with E-state index in [1.165, 1.54) is 0 Å². The lowest BCUT2D eigenvalue weighted by molar-refractivity contribution is -0.143. The Balaban J connectivity index is 4.88. The third kappa shape index (κ3) is 9.60. The first kappa shape index (κ1) is 24.4. The fourth-order valence-electron chi connectivity index (χ4n) is 2.63. The van der Waals surface area contributed by atoms with Crippen molar-refractivity contribution >= 4 is 14.3 Å².